The van der Waals surface area contributed by atoms with E-state index >= 15 is 0 Å². The second-order valence-electron chi connectivity index (χ2n) is 4.99. The lowest BCUT2D eigenvalue weighted by atomic mass is 10.0. The number of aromatic carboxylic acids is 1. The van der Waals surface area contributed by atoms with Gasteiger partial charge in [-0.2, -0.15) is 0 Å². The molecule has 2 aromatic carbocycles. The second-order valence-corrected chi connectivity index (χ2v) is 4.99. The summed E-state index contributed by atoms with van der Waals surface area (Å²) in [5.41, 5.74) is 4.25. The summed E-state index contributed by atoms with van der Waals surface area (Å²) in [6.07, 6.45) is 2.50. The van der Waals surface area contributed by atoms with Gasteiger partial charge >= 0.3 is 5.97 Å². The molecule has 0 unspecified atom stereocenters. The highest BCUT2D eigenvalue weighted by molar-refractivity contribution is 5.98. The lowest BCUT2D eigenvalue weighted by molar-refractivity contribution is 0.0696. The number of pyridine rings is 1. The first kappa shape index (κ1) is 11.2. The van der Waals surface area contributed by atoms with Gasteiger partial charge in [-0.1, -0.05) is 36.4 Å². The van der Waals surface area contributed by atoms with E-state index in [0.29, 0.717) is 12.0 Å². The van der Waals surface area contributed by atoms with Crippen LogP contribution in [-0.2, 0) is 6.42 Å². The van der Waals surface area contributed by atoms with Crippen LogP contribution in [0.4, 0.5) is 0 Å². The molecule has 0 saturated carbocycles. The zero-order chi connectivity index (χ0) is 13.7. The Bertz CT molecular complexity index is 868. The third-order valence-corrected chi connectivity index (χ3v) is 3.92. The van der Waals surface area contributed by atoms with Crippen molar-refractivity contribution in [3.63, 3.8) is 0 Å². The van der Waals surface area contributed by atoms with E-state index in [2.05, 4.69) is 11.1 Å². The molecule has 0 radical (unpaired) electrons. The molecule has 1 aromatic heterocycles. The summed E-state index contributed by atoms with van der Waals surface area (Å²) in [5, 5.41) is 11.6. The van der Waals surface area contributed by atoms with Crippen molar-refractivity contribution in [1.29, 1.82) is 0 Å². The van der Waals surface area contributed by atoms with Crippen molar-refractivity contribution in [2.75, 3.05) is 0 Å². The van der Waals surface area contributed by atoms with Crippen LogP contribution in [0.15, 0.2) is 48.7 Å². The molecule has 0 spiro atoms. The van der Waals surface area contributed by atoms with Crippen LogP contribution in [0, 0.1) is 0 Å². The largest absolute Gasteiger partial charge is 0.478 e. The van der Waals surface area contributed by atoms with Crippen molar-refractivity contribution in [2.45, 2.75) is 6.42 Å². The number of carboxylic acid groups (broad SMARTS) is 1. The predicted octanol–water partition coefficient (Wildman–Crippen LogP) is 3.50. The predicted molar refractivity (Wildman–Crippen MR) is 76.9 cm³/mol. The third kappa shape index (κ3) is 1.40. The molecule has 1 aliphatic rings. The fourth-order valence-corrected chi connectivity index (χ4v) is 3.01. The lowest BCUT2D eigenvalue weighted by Crippen LogP contribution is -2.01. The SMILES string of the molecule is O=C(O)c1cccc2c1Cc1c-2ncc2ccccc12. The summed E-state index contributed by atoms with van der Waals surface area (Å²) in [5.74, 6) is -0.876. The number of carboxylic acids is 1. The number of hydrogen-bond acceptors (Lipinski definition) is 2. The van der Waals surface area contributed by atoms with Gasteiger partial charge in [0.05, 0.1) is 11.3 Å². The number of rotatable bonds is 1. The first-order valence-corrected chi connectivity index (χ1v) is 6.48. The smallest absolute Gasteiger partial charge is 0.335 e. The van der Waals surface area contributed by atoms with Gasteiger partial charge in [-0.05, 0) is 22.6 Å². The van der Waals surface area contributed by atoms with Crippen LogP contribution in [0.25, 0.3) is 22.0 Å². The maximum Gasteiger partial charge on any atom is 0.335 e. The van der Waals surface area contributed by atoms with Crippen LogP contribution < -0.4 is 0 Å². The van der Waals surface area contributed by atoms with Crippen molar-refractivity contribution in [2.24, 2.45) is 0 Å². The summed E-state index contributed by atoms with van der Waals surface area (Å²) >= 11 is 0. The third-order valence-electron chi connectivity index (χ3n) is 3.92. The summed E-state index contributed by atoms with van der Waals surface area (Å²) in [6, 6.07) is 13.5. The Kier molecular flexibility index (Phi) is 2.18. The normalized spacial score (nSPS) is 12.2. The molecule has 0 aliphatic heterocycles. The molecule has 0 fully saturated rings. The van der Waals surface area contributed by atoms with Crippen molar-refractivity contribution < 1.29 is 9.90 Å². The minimum Gasteiger partial charge on any atom is -0.478 e. The van der Waals surface area contributed by atoms with Gasteiger partial charge in [-0.25, -0.2) is 4.79 Å². The number of hydrogen-bond donors (Lipinski definition) is 1. The van der Waals surface area contributed by atoms with Crippen molar-refractivity contribution >= 4 is 16.7 Å². The zero-order valence-electron chi connectivity index (χ0n) is 10.6. The lowest BCUT2D eigenvalue weighted by Gasteiger charge is -2.04. The first-order valence-electron chi connectivity index (χ1n) is 6.48. The summed E-state index contributed by atoms with van der Waals surface area (Å²) in [6.45, 7) is 0. The summed E-state index contributed by atoms with van der Waals surface area (Å²) in [4.78, 5) is 15.9. The van der Waals surface area contributed by atoms with Gasteiger partial charge in [-0.15, -0.1) is 0 Å². The van der Waals surface area contributed by atoms with Gasteiger partial charge in [-0.3, -0.25) is 4.98 Å². The number of carbonyl (C=O) groups is 1. The molecule has 0 bridgehead atoms. The quantitative estimate of drug-likeness (QED) is 0.570. The van der Waals surface area contributed by atoms with E-state index in [-0.39, 0.29) is 0 Å². The van der Waals surface area contributed by atoms with Crippen molar-refractivity contribution in [3.05, 3.63) is 65.4 Å². The van der Waals surface area contributed by atoms with Crippen LogP contribution in [0.2, 0.25) is 0 Å². The fourth-order valence-electron chi connectivity index (χ4n) is 3.01. The van der Waals surface area contributed by atoms with Crippen molar-refractivity contribution in [3.8, 4) is 11.3 Å². The van der Waals surface area contributed by atoms with E-state index in [1.807, 2.05) is 30.5 Å². The molecular formula is C17H11NO2. The average molecular weight is 261 g/mol. The summed E-state index contributed by atoms with van der Waals surface area (Å²) < 4.78 is 0. The van der Waals surface area contributed by atoms with E-state index in [4.69, 9.17) is 0 Å². The Labute approximate surface area is 115 Å². The average Bonchev–Trinajstić information content (AvgIpc) is 2.86. The van der Waals surface area contributed by atoms with Crippen LogP contribution in [0.3, 0.4) is 0 Å². The standard InChI is InChI=1S/C17H11NO2/c19-17(20)13-7-3-6-12-14(13)8-15-11-5-2-1-4-10(11)9-18-16(12)15/h1-7,9H,8H2,(H,19,20). The van der Waals surface area contributed by atoms with Gasteiger partial charge in [0.1, 0.15) is 0 Å². The summed E-state index contributed by atoms with van der Waals surface area (Å²) in [7, 11) is 0. The Morgan fingerprint density at radius 3 is 2.75 bits per heavy atom. The fraction of sp³-hybridized carbons (Fsp3) is 0.0588. The number of fused-ring (bicyclic) bond motifs is 5. The highest BCUT2D eigenvalue weighted by Gasteiger charge is 2.25. The Morgan fingerprint density at radius 2 is 1.90 bits per heavy atom. The maximum atomic E-state index is 11.4. The van der Waals surface area contributed by atoms with Crippen molar-refractivity contribution in [1.82, 2.24) is 4.98 Å². The molecule has 3 heteroatoms. The first-order chi connectivity index (χ1) is 9.75. The minimum atomic E-state index is -0.876. The molecule has 1 heterocycles. The molecule has 96 valence electrons. The van der Waals surface area contributed by atoms with Gasteiger partial charge in [0.15, 0.2) is 0 Å². The second kappa shape index (κ2) is 3.90. The molecule has 0 atom stereocenters. The van der Waals surface area contributed by atoms with Crippen LogP contribution in [0.5, 0.6) is 0 Å². The van der Waals surface area contributed by atoms with E-state index in [1.165, 1.54) is 0 Å². The molecule has 1 aliphatic carbocycles. The Balaban J connectivity index is 2.04. The Morgan fingerprint density at radius 1 is 1.05 bits per heavy atom. The van der Waals surface area contributed by atoms with Gasteiger partial charge < -0.3 is 5.11 Å². The maximum absolute atomic E-state index is 11.4. The molecular weight excluding hydrogens is 250 g/mol. The molecule has 3 nitrogen and oxygen atoms in total. The Hall–Kier alpha value is -2.68. The highest BCUT2D eigenvalue weighted by Crippen LogP contribution is 2.40. The highest BCUT2D eigenvalue weighted by atomic mass is 16.4. The molecule has 0 saturated heterocycles. The topological polar surface area (TPSA) is 50.2 Å². The molecule has 20 heavy (non-hydrogen) atoms. The van der Waals surface area contributed by atoms with E-state index in [1.54, 1.807) is 12.1 Å². The van der Waals surface area contributed by atoms with Crippen LogP contribution in [-0.4, -0.2) is 16.1 Å². The zero-order valence-corrected chi connectivity index (χ0v) is 10.6. The molecule has 1 N–H and O–H groups in total. The van der Waals surface area contributed by atoms with Gasteiger partial charge in [0, 0.05) is 23.6 Å². The monoisotopic (exact) mass is 261 g/mol. The molecule has 0 amide bonds. The number of aromatic nitrogens is 1. The number of benzene rings is 2. The minimum absolute atomic E-state index is 0.379. The van der Waals surface area contributed by atoms with Crippen LogP contribution >= 0.6 is 0 Å². The van der Waals surface area contributed by atoms with Gasteiger partial charge in [0.25, 0.3) is 0 Å². The van der Waals surface area contributed by atoms with Gasteiger partial charge in [0.2, 0.25) is 0 Å². The van der Waals surface area contributed by atoms with Crippen LogP contribution in [0.1, 0.15) is 21.5 Å². The van der Waals surface area contributed by atoms with E-state index in [9.17, 15) is 9.90 Å². The van der Waals surface area contributed by atoms with E-state index < -0.39 is 5.97 Å². The molecule has 3 aromatic rings. The molecule has 4 rings (SSSR count). The number of nitrogens with zero attached hydrogens (tertiary/aromatic N) is 1. The van der Waals surface area contributed by atoms with E-state index in [0.717, 1.165) is 33.2 Å².